The number of methoxy groups -OCH3 is 1. The predicted molar refractivity (Wildman–Crippen MR) is 74.6 cm³/mol. The molecular weight excluding hydrogens is 279 g/mol. The van der Waals surface area contributed by atoms with Crippen molar-refractivity contribution in [3.63, 3.8) is 0 Å². The van der Waals surface area contributed by atoms with Gasteiger partial charge in [0.15, 0.2) is 0 Å². The zero-order chi connectivity index (χ0) is 15.7. The molecule has 1 unspecified atom stereocenters. The number of hydrogen-bond acceptors (Lipinski definition) is 5. The van der Waals surface area contributed by atoms with Gasteiger partial charge >= 0.3 is 5.97 Å². The van der Waals surface area contributed by atoms with E-state index in [1.54, 1.807) is 24.3 Å². The highest BCUT2D eigenvalue weighted by Gasteiger charge is 2.21. The molecule has 116 valence electrons. The van der Waals surface area contributed by atoms with Gasteiger partial charge in [0.2, 0.25) is 5.91 Å². The average molecular weight is 298 g/mol. The van der Waals surface area contributed by atoms with Gasteiger partial charge in [-0.15, -0.1) is 0 Å². The predicted octanol–water partition coefficient (Wildman–Crippen LogP) is 0.194. The Morgan fingerprint density at radius 2 is 2.00 bits per heavy atom. The summed E-state index contributed by atoms with van der Waals surface area (Å²) in [6.07, 6.45) is 0.266. The quantitative estimate of drug-likeness (QED) is 0.669. The Labute approximate surface area is 122 Å². The minimum absolute atomic E-state index is 0.00328. The lowest BCUT2D eigenvalue weighted by molar-refractivity contribution is -0.144. The van der Waals surface area contributed by atoms with Gasteiger partial charge in [-0.2, -0.15) is 0 Å². The number of amides is 1. The number of alkyl halides is 1. The molecule has 3 N–H and O–H groups in total. The lowest BCUT2D eigenvalue weighted by atomic mass is 10.1. The third-order valence-corrected chi connectivity index (χ3v) is 2.72. The van der Waals surface area contributed by atoms with Crippen molar-refractivity contribution >= 4 is 11.9 Å². The van der Waals surface area contributed by atoms with E-state index in [0.29, 0.717) is 5.75 Å². The number of carbonyl (C=O) groups excluding carboxylic acids is 2. The van der Waals surface area contributed by atoms with Gasteiger partial charge in [0.25, 0.3) is 0 Å². The Balaban J connectivity index is 2.69. The van der Waals surface area contributed by atoms with Crippen LogP contribution in [0.2, 0.25) is 0 Å². The zero-order valence-electron chi connectivity index (χ0n) is 11.8. The van der Waals surface area contributed by atoms with Gasteiger partial charge in [0, 0.05) is 6.42 Å². The normalized spacial score (nSPS) is 11.6. The molecule has 0 fully saturated rings. The third kappa shape index (κ3) is 5.78. The highest BCUT2D eigenvalue weighted by atomic mass is 19.1. The second-order valence-corrected chi connectivity index (χ2v) is 4.23. The maximum absolute atomic E-state index is 12.0. The number of esters is 1. The van der Waals surface area contributed by atoms with E-state index in [4.69, 9.17) is 10.5 Å². The Morgan fingerprint density at radius 1 is 1.33 bits per heavy atom. The fourth-order valence-electron chi connectivity index (χ4n) is 1.70. The van der Waals surface area contributed by atoms with Gasteiger partial charge in [0.1, 0.15) is 25.1 Å². The van der Waals surface area contributed by atoms with Crippen molar-refractivity contribution in [1.29, 1.82) is 0 Å². The van der Waals surface area contributed by atoms with Crippen molar-refractivity contribution in [3.8, 4) is 5.75 Å². The van der Waals surface area contributed by atoms with Crippen LogP contribution in [-0.2, 0) is 20.7 Å². The molecule has 0 aliphatic carbocycles. The number of ether oxygens (including phenoxy) is 2. The number of halogens is 1. The number of nitrogens with two attached hydrogens (primary N) is 1. The first-order valence-electron chi connectivity index (χ1n) is 6.45. The first-order valence-corrected chi connectivity index (χ1v) is 6.45. The summed E-state index contributed by atoms with van der Waals surface area (Å²) in [5.74, 6) is -0.445. The summed E-state index contributed by atoms with van der Waals surface area (Å²) in [5, 5.41) is 2.50. The van der Waals surface area contributed by atoms with Crippen LogP contribution in [0, 0.1) is 0 Å². The Kier molecular flexibility index (Phi) is 7.17. The molecule has 0 bridgehead atoms. The molecule has 0 saturated carbocycles. The van der Waals surface area contributed by atoms with Crippen LogP contribution >= 0.6 is 0 Å². The van der Waals surface area contributed by atoms with E-state index < -0.39 is 24.6 Å². The zero-order valence-corrected chi connectivity index (χ0v) is 11.8. The topological polar surface area (TPSA) is 90.6 Å². The van der Waals surface area contributed by atoms with E-state index in [0.717, 1.165) is 5.56 Å². The number of carbonyl (C=O) groups is 2. The van der Waals surface area contributed by atoms with Crippen LogP contribution in [0.25, 0.3) is 0 Å². The summed E-state index contributed by atoms with van der Waals surface area (Å²) in [7, 11) is 1.25. The summed E-state index contributed by atoms with van der Waals surface area (Å²) in [6, 6.07) is 6.01. The van der Waals surface area contributed by atoms with Gasteiger partial charge in [0.05, 0.1) is 13.7 Å². The SMILES string of the molecule is COC(=O)C(Cc1ccc(OCCF)cc1)NC(=O)CN. The number of rotatable bonds is 8. The highest BCUT2D eigenvalue weighted by molar-refractivity contribution is 5.85. The molecule has 0 aliphatic heterocycles. The van der Waals surface area contributed by atoms with E-state index in [-0.39, 0.29) is 19.6 Å². The molecule has 7 heteroatoms. The largest absolute Gasteiger partial charge is 0.491 e. The van der Waals surface area contributed by atoms with Crippen LogP contribution < -0.4 is 15.8 Å². The van der Waals surface area contributed by atoms with Crippen molar-refractivity contribution in [2.24, 2.45) is 5.73 Å². The van der Waals surface area contributed by atoms with Gasteiger partial charge in [-0.1, -0.05) is 12.1 Å². The lowest BCUT2D eigenvalue weighted by Gasteiger charge is -2.16. The first-order chi connectivity index (χ1) is 10.1. The Morgan fingerprint density at radius 3 is 2.52 bits per heavy atom. The van der Waals surface area contributed by atoms with Gasteiger partial charge in [-0.05, 0) is 17.7 Å². The summed E-state index contributed by atoms with van der Waals surface area (Å²) in [5.41, 5.74) is 6.01. The number of hydrogen-bond donors (Lipinski definition) is 2. The molecule has 0 saturated heterocycles. The third-order valence-electron chi connectivity index (χ3n) is 2.72. The van der Waals surface area contributed by atoms with Crippen LogP contribution in [0.1, 0.15) is 5.56 Å². The minimum Gasteiger partial charge on any atom is -0.491 e. The molecule has 6 nitrogen and oxygen atoms in total. The van der Waals surface area contributed by atoms with Crippen molar-refractivity contribution in [2.75, 3.05) is 26.9 Å². The van der Waals surface area contributed by atoms with Crippen molar-refractivity contribution in [3.05, 3.63) is 29.8 Å². The number of benzene rings is 1. The molecule has 1 aromatic rings. The summed E-state index contributed by atoms with van der Waals surface area (Å²) in [4.78, 5) is 22.9. The van der Waals surface area contributed by atoms with Gasteiger partial charge < -0.3 is 20.5 Å². The van der Waals surface area contributed by atoms with Crippen LogP contribution in [0.4, 0.5) is 4.39 Å². The van der Waals surface area contributed by atoms with Crippen LogP contribution in [0.15, 0.2) is 24.3 Å². The van der Waals surface area contributed by atoms with Crippen LogP contribution in [0.3, 0.4) is 0 Å². The monoisotopic (exact) mass is 298 g/mol. The maximum Gasteiger partial charge on any atom is 0.328 e. The molecule has 21 heavy (non-hydrogen) atoms. The fraction of sp³-hybridized carbons (Fsp3) is 0.429. The summed E-state index contributed by atoms with van der Waals surface area (Å²) in [6.45, 7) is -0.766. The molecule has 0 heterocycles. The first kappa shape index (κ1) is 16.9. The minimum atomic E-state index is -0.802. The molecule has 1 aromatic carbocycles. The molecule has 1 rings (SSSR count). The Hall–Kier alpha value is -2.15. The van der Waals surface area contributed by atoms with Crippen molar-refractivity contribution in [1.82, 2.24) is 5.32 Å². The number of nitrogens with one attached hydrogen (secondary N) is 1. The highest BCUT2D eigenvalue weighted by Crippen LogP contribution is 2.14. The van der Waals surface area contributed by atoms with Crippen LogP contribution in [0.5, 0.6) is 5.75 Å². The van der Waals surface area contributed by atoms with E-state index in [9.17, 15) is 14.0 Å². The second kappa shape index (κ2) is 8.91. The fourth-order valence-corrected chi connectivity index (χ4v) is 1.70. The molecule has 0 radical (unpaired) electrons. The molecular formula is C14H19FN2O4. The lowest BCUT2D eigenvalue weighted by Crippen LogP contribution is -2.45. The maximum atomic E-state index is 12.0. The second-order valence-electron chi connectivity index (χ2n) is 4.23. The molecule has 0 aromatic heterocycles. The summed E-state index contributed by atoms with van der Waals surface area (Å²) < 4.78 is 21.7. The molecule has 1 amide bonds. The molecule has 0 aliphatic rings. The van der Waals surface area contributed by atoms with E-state index >= 15 is 0 Å². The average Bonchev–Trinajstić information content (AvgIpc) is 2.52. The molecule has 0 spiro atoms. The Bertz CT molecular complexity index is 465. The van der Waals surface area contributed by atoms with Crippen molar-refractivity contribution < 1.29 is 23.5 Å². The molecule has 1 atom stereocenters. The van der Waals surface area contributed by atoms with Crippen LogP contribution in [-0.4, -0.2) is 44.9 Å². The van der Waals surface area contributed by atoms with Gasteiger partial charge in [-0.25, -0.2) is 9.18 Å². The van der Waals surface area contributed by atoms with E-state index in [2.05, 4.69) is 10.1 Å². The van der Waals surface area contributed by atoms with E-state index in [1.807, 2.05) is 0 Å². The van der Waals surface area contributed by atoms with Gasteiger partial charge in [-0.3, -0.25) is 4.79 Å². The summed E-state index contributed by atoms with van der Waals surface area (Å²) >= 11 is 0. The standard InChI is InChI=1S/C14H19FN2O4/c1-20-14(19)12(17-13(18)9-16)8-10-2-4-11(5-3-10)21-7-6-15/h2-5,12H,6-9,16H2,1H3,(H,17,18). The van der Waals surface area contributed by atoms with Crippen molar-refractivity contribution in [2.45, 2.75) is 12.5 Å². The van der Waals surface area contributed by atoms with E-state index in [1.165, 1.54) is 7.11 Å². The smallest absolute Gasteiger partial charge is 0.328 e.